The molecule has 0 radical (unpaired) electrons. The van der Waals surface area contributed by atoms with Crippen molar-refractivity contribution in [1.29, 1.82) is 0 Å². The van der Waals surface area contributed by atoms with E-state index in [0.717, 1.165) is 25.8 Å². The van der Waals surface area contributed by atoms with Gasteiger partial charge in [-0.25, -0.2) is 0 Å². The molecule has 1 fully saturated rings. The van der Waals surface area contributed by atoms with E-state index < -0.39 is 5.97 Å². The van der Waals surface area contributed by atoms with E-state index in [-0.39, 0.29) is 12.1 Å². The van der Waals surface area contributed by atoms with Crippen LogP contribution in [0.5, 0.6) is 0 Å². The van der Waals surface area contributed by atoms with Crippen molar-refractivity contribution in [2.75, 3.05) is 20.6 Å². The Labute approximate surface area is 91.6 Å². The summed E-state index contributed by atoms with van der Waals surface area (Å²) < 4.78 is 0. The standard InChI is InChI=1S/C11H22N2O2/c1-8(6-7-13(2)3)12-10(11(14)15)9-4-5-9/h8-10,12H,4-7H2,1-3H3,(H,14,15). The van der Waals surface area contributed by atoms with E-state index in [1.165, 1.54) is 0 Å². The van der Waals surface area contributed by atoms with E-state index in [4.69, 9.17) is 5.11 Å². The SMILES string of the molecule is CC(CCN(C)C)NC(C(=O)O)C1CC1. The van der Waals surface area contributed by atoms with Gasteiger partial charge in [-0.1, -0.05) is 0 Å². The van der Waals surface area contributed by atoms with Crippen LogP contribution >= 0.6 is 0 Å². The van der Waals surface area contributed by atoms with Crippen LogP contribution < -0.4 is 5.32 Å². The Morgan fingerprint density at radius 1 is 1.53 bits per heavy atom. The topological polar surface area (TPSA) is 52.6 Å². The van der Waals surface area contributed by atoms with Crippen molar-refractivity contribution in [1.82, 2.24) is 10.2 Å². The number of nitrogens with zero attached hydrogens (tertiary/aromatic N) is 1. The molecule has 2 unspecified atom stereocenters. The highest BCUT2D eigenvalue weighted by Crippen LogP contribution is 2.33. The van der Waals surface area contributed by atoms with Gasteiger partial charge >= 0.3 is 5.97 Å². The van der Waals surface area contributed by atoms with Gasteiger partial charge in [-0.05, 0) is 52.7 Å². The Balaban J connectivity index is 2.27. The van der Waals surface area contributed by atoms with Crippen molar-refractivity contribution < 1.29 is 9.90 Å². The van der Waals surface area contributed by atoms with Crippen LogP contribution in [0.15, 0.2) is 0 Å². The molecule has 1 rings (SSSR count). The van der Waals surface area contributed by atoms with E-state index in [1.807, 2.05) is 14.1 Å². The van der Waals surface area contributed by atoms with E-state index >= 15 is 0 Å². The molecule has 0 spiro atoms. The smallest absolute Gasteiger partial charge is 0.320 e. The number of carbonyl (C=O) groups is 1. The van der Waals surface area contributed by atoms with Gasteiger partial charge in [-0.15, -0.1) is 0 Å². The van der Waals surface area contributed by atoms with Crippen molar-refractivity contribution in [3.63, 3.8) is 0 Å². The van der Waals surface area contributed by atoms with Gasteiger partial charge < -0.3 is 15.3 Å². The van der Waals surface area contributed by atoms with E-state index in [9.17, 15) is 4.79 Å². The summed E-state index contributed by atoms with van der Waals surface area (Å²) in [6, 6.07) is -0.0590. The molecule has 88 valence electrons. The molecular weight excluding hydrogens is 192 g/mol. The average Bonchev–Trinajstić information content (AvgIpc) is 2.93. The summed E-state index contributed by atoms with van der Waals surface area (Å²) in [4.78, 5) is 13.1. The van der Waals surface area contributed by atoms with Crippen molar-refractivity contribution in [2.24, 2.45) is 5.92 Å². The van der Waals surface area contributed by atoms with Gasteiger partial charge in [-0.3, -0.25) is 4.79 Å². The maximum atomic E-state index is 11.0. The van der Waals surface area contributed by atoms with E-state index in [2.05, 4.69) is 17.1 Å². The lowest BCUT2D eigenvalue weighted by Crippen LogP contribution is -2.44. The molecule has 0 aliphatic heterocycles. The molecule has 2 atom stereocenters. The second-order valence-corrected chi connectivity index (χ2v) is 4.81. The zero-order valence-corrected chi connectivity index (χ0v) is 9.86. The first kappa shape index (κ1) is 12.5. The molecule has 1 saturated carbocycles. The molecule has 0 bridgehead atoms. The monoisotopic (exact) mass is 214 g/mol. The van der Waals surface area contributed by atoms with Crippen LogP contribution in [0.1, 0.15) is 26.2 Å². The lowest BCUT2D eigenvalue weighted by atomic mass is 10.1. The van der Waals surface area contributed by atoms with E-state index in [1.54, 1.807) is 0 Å². The quantitative estimate of drug-likeness (QED) is 0.657. The van der Waals surface area contributed by atoms with Crippen LogP contribution in [0.25, 0.3) is 0 Å². The summed E-state index contributed by atoms with van der Waals surface area (Å²) >= 11 is 0. The molecule has 0 amide bonds. The zero-order chi connectivity index (χ0) is 11.4. The summed E-state index contributed by atoms with van der Waals surface area (Å²) in [5.74, 6) is -0.335. The number of carboxylic acid groups (broad SMARTS) is 1. The van der Waals surface area contributed by atoms with Crippen molar-refractivity contribution in [3.8, 4) is 0 Å². The van der Waals surface area contributed by atoms with Crippen LogP contribution in [0.3, 0.4) is 0 Å². The molecule has 4 heteroatoms. The Morgan fingerprint density at radius 2 is 2.13 bits per heavy atom. The van der Waals surface area contributed by atoms with Gasteiger partial charge in [0.1, 0.15) is 6.04 Å². The van der Waals surface area contributed by atoms with Gasteiger partial charge in [0.05, 0.1) is 0 Å². The van der Waals surface area contributed by atoms with Crippen LogP contribution in [-0.4, -0.2) is 48.7 Å². The third kappa shape index (κ3) is 4.62. The summed E-state index contributed by atoms with van der Waals surface area (Å²) in [7, 11) is 4.06. The first-order valence-electron chi connectivity index (χ1n) is 5.64. The highest BCUT2D eigenvalue weighted by atomic mass is 16.4. The number of hydrogen-bond acceptors (Lipinski definition) is 3. The molecule has 1 aliphatic carbocycles. The lowest BCUT2D eigenvalue weighted by Gasteiger charge is -2.21. The predicted octanol–water partition coefficient (Wildman–Crippen LogP) is 0.779. The van der Waals surface area contributed by atoms with E-state index in [0.29, 0.717) is 5.92 Å². The Morgan fingerprint density at radius 3 is 2.53 bits per heavy atom. The number of carboxylic acids is 1. The number of aliphatic carboxylic acids is 1. The molecule has 1 aliphatic rings. The van der Waals surface area contributed by atoms with Gasteiger partial charge in [0, 0.05) is 6.04 Å². The summed E-state index contributed by atoms with van der Waals surface area (Å²) in [5, 5.41) is 12.2. The minimum Gasteiger partial charge on any atom is -0.480 e. The first-order chi connectivity index (χ1) is 7.00. The molecule has 0 aromatic rings. The predicted molar refractivity (Wildman–Crippen MR) is 59.9 cm³/mol. The maximum absolute atomic E-state index is 11.0. The first-order valence-corrected chi connectivity index (χ1v) is 5.64. The largest absolute Gasteiger partial charge is 0.480 e. The highest BCUT2D eigenvalue weighted by Gasteiger charge is 2.36. The van der Waals surface area contributed by atoms with Gasteiger partial charge in [0.15, 0.2) is 0 Å². The fourth-order valence-electron chi connectivity index (χ4n) is 1.68. The van der Waals surface area contributed by atoms with Crippen LogP contribution in [0.2, 0.25) is 0 Å². The lowest BCUT2D eigenvalue weighted by molar-refractivity contribution is -0.140. The zero-order valence-electron chi connectivity index (χ0n) is 9.86. The fourth-order valence-corrected chi connectivity index (χ4v) is 1.68. The minimum absolute atomic E-state index is 0.272. The minimum atomic E-state index is -0.700. The molecule has 4 nitrogen and oxygen atoms in total. The molecular formula is C11H22N2O2. The van der Waals surface area contributed by atoms with Crippen LogP contribution in [0.4, 0.5) is 0 Å². The Bertz CT molecular complexity index is 215. The molecule has 0 aromatic heterocycles. The maximum Gasteiger partial charge on any atom is 0.320 e. The molecule has 0 aromatic carbocycles. The van der Waals surface area contributed by atoms with Gasteiger partial charge in [0.2, 0.25) is 0 Å². The summed E-state index contributed by atoms with van der Waals surface area (Å²) in [5.41, 5.74) is 0. The molecule has 2 N–H and O–H groups in total. The molecule has 0 heterocycles. The number of rotatable bonds is 7. The van der Waals surface area contributed by atoms with Crippen LogP contribution in [0, 0.1) is 5.92 Å². The Kier molecular flexibility index (Phi) is 4.54. The van der Waals surface area contributed by atoms with Crippen molar-refractivity contribution in [3.05, 3.63) is 0 Å². The second-order valence-electron chi connectivity index (χ2n) is 4.81. The summed E-state index contributed by atoms with van der Waals surface area (Å²) in [6.07, 6.45) is 3.11. The number of hydrogen-bond donors (Lipinski definition) is 2. The fraction of sp³-hybridized carbons (Fsp3) is 0.909. The van der Waals surface area contributed by atoms with Crippen molar-refractivity contribution >= 4 is 5.97 Å². The van der Waals surface area contributed by atoms with Gasteiger partial charge in [-0.2, -0.15) is 0 Å². The molecule has 0 saturated heterocycles. The normalized spacial score (nSPS) is 20.3. The van der Waals surface area contributed by atoms with Gasteiger partial charge in [0.25, 0.3) is 0 Å². The average molecular weight is 214 g/mol. The van der Waals surface area contributed by atoms with Crippen molar-refractivity contribution in [2.45, 2.75) is 38.3 Å². The molecule has 15 heavy (non-hydrogen) atoms. The highest BCUT2D eigenvalue weighted by molar-refractivity contribution is 5.74. The summed E-state index contributed by atoms with van der Waals surface area (Å²) in [6.45, 7) is 3.05. The number of nitrogens with one attached hydrogen (secondary N) is 1. The third-order valence-corrected chi connectivity index (χ3v) is 2.83. The second kappa shape index (κ2) is 5.47. The Hall–Kier alpha value is -0.610. The van der Waals surface area contributed by atoms with Crippen LogP contribution in [-0.2, 0) is 4.79 Å². The third-order valence-electron chi connectivity index (χ3n) is 2.83.